The molecule has 1 aromatic carbocycles. The van der Waals surface area contributed by atoms with Crippen LogP contribution in [0, 0.1) is 5.92 Å². The number of unbranched alkanes of at least 4 members (excludes halogenated alkanes) is 8. The van der Waals surface area contributed by atoms with Crippen molar-refractivity contribution in [1.82, 2.24) is 0 Å². The summed E-state index contributed by atoms with van der Waals surface area (Å²) in [7, 11) is 0. The van der Waals surface area contributed by atoms with Crippen molar-refractivity contribution in [2.45, 2.75) is 96.7 Å². The summed E-state index contributed by atoms with van der Waals surface area (Å²) in [6.07, 6.45) is 16.0. The Bertz CT molecular complexity index is 555. The SMILES string of the molecule is CCCCCCCCCCCc1cc2c(cc1O)C[C@H]1CCCO[C@H]1O2. The minimum absolute atomic E-state index is 0.0821. The first kappa shape index (κ1) is 19.5. The smallest absolute Gasteiger partial charge is 0.202 e. The molecule has 1 aromatic rings. The van der Waals surface area contributed by atoms with Crippen LogP contribution in [0.4, 0.5) is 0 Å². The van der Waals surface area contributed by atoms with Gasteiger partial charge in [-0.2, -0.15) is 0 Å². The van der Waals surface area contributed by atoms with E-state index in [9.17, 15) is 5.11 Å². The minimum atomic E-state index is -0.0821. The van der Waals surface area contributed by atoms with Crippen LogP contribution in [0.5, 0.6) is 11.5 Å². The lowest BCUT2D eigenvalue weighted by Gasteiger charge is -2.36. The van der Waals surface area contributed by atoms with Gasteiger partial charge in [0, 0.05) is 5.92 Å². The van der Waals surface area contributed by atoms with E-state index in [1.807, 2.05) is 6.07 Å². The summed E-state index contributed by atoms with van der Waals surface area (Å²) in [4.78, 5) is 0. The van der Waals surface area contributed by atoms with Crippen LogP contribution in [0.15, 0.2) is 12.1 Å². The molecule has 2 aliphatic rings. The van der Waals surface area contributed by atoms with Gasteiger partial charge in [-0.3, -0.25) is 0 Å². The second-order valence-electron chi connectivity index (χ2n) is 8.13. The fourth-order valence-electron chi connectivity index (χ4n) is 4.30. The molecule has 3 rings (SSSR count). The number of ether oxygens (including phenoxy) is 2. The first-order valence-electron chi connectivity index (χ1n) is 10.9. The van der Waals surface area contributed by atoms with Gasteiger partial charge < -0.3 is 14.6 Å². The van der Waals surface area contributed by atoms with E-state index < -0.39 is 0 Å². The average molecular weight is 361 g/mol. The van der Waals surface area contributed by atoms with E-state index in [0.29, 0.717) is 11.7 Å². The zero-order valence-electron chi connectivity index (χ0n) is 16.5. The Kier molecular flexibility index (Phi) is 7.67. The molecule has 2 atom stereocenters. The quantitative estimate of drug-likeness (QED) is 0.508. The third-order valence-electron chi connectivity index (χ3n) is 5.92. The lowest BCUT2D eigenvalue weighted by molar-refractivity contribution is -0.148. The van der Waals surface area contributed by atoms with E-state index >= 15 is 0 Å². The zero-order valence-corrected chi connectivity index (χ0v) is 16.5. The maximum absolute atomic E-state index is 10.4. The zero-order chi connectivity index (χ0) is 18.2. The maximum atomic E-state index is 10.4. The third-order valence-corrected chi connectivity index (χ3v) is 5.92. The number of phenols is 1. The number of phenolic OH excluding ortho intramolecular Hbond substituents is 1. The highest BCUT2D eigenvalue weighted by atomic mass is 16.7. The Morgan fingerprint density at radius 1 is 1.00 bits per heavy atom. The van der Waals surface area contributed by atoms with Crippen molar-refractivity contribution in [2.24, 2.45) is 5.92 Å². The van der Waals surface area contributed by atoms with Crippen LogP contribution >= 0.6 is 0 Å². The fourth-order valence-corrected chi connectivity index (χ4v) is 4.30. The normalized spacial score (nSPS) is 21.7. The van der Waals surface area contributed by atoms with Crippen LogP contribution in [-0.2, 0) is 17.6 Å². The number of aromatic hydroxyl groups is 1. The summed E-state index contributed by atoms with van der Waals surface area (Å²) in [6, 6.07) is 3.99. The summed E-state index contributed by atoms with van der Waals surface area (Å²) >= 11 is 0. The molecule has 1 N–H and O–H groups in total. The average Bonchev–Trinajstić information content (AvgIpc) is 2.65. The van der Waals surface area contributed by atoms with Crippen LogP contribution in [0.2, 0.25) is 0 Å². The first-order chi connectivity index (χ1) is 12.8. The minimum Gasteiger partial charge on any atom is -0.508 e. The van der Waals surface area contributed by atoms with Gasteiger partial charge in [-0.15, -0.1) is 0 Å². The molecule has 0 aromatic heterocycles. The van der Waals surface area contributed by atoms with Gasteiger partial charge in [-0.1, -0.05) is 58.3 Å². The molecule has 0 unspecified atom stereocenters. The monoisotopic (exact) mass is 360 g/mol. The van der Waals surface area contributed by atoms with E-state index in [0.717, 1.165) is 55.6 Å². The Morgan fingerprint density at radius 2 is 1.73 bits per heavy atom. The van der Waals surface area contributed by atoms with Crippen molar-refractivity contribution in [3.8, 4) is 11.5 Å². The largest absolute Gasteiger partial charge is 0.508 e. The Labute approximate surface area is 159 Å². The van der Waals surface area contributed by atoms with Gasteiger partial charge in [0.25, 0.3) is 0 Å². The van der Waals surface area contributed by atoms with Crippen molar-refractivity contribution in [3.05, 3.63) is 23.3 Å². The topological polar surface area (TPSA) is 38.7 Å². The molecule has 0 amide bonds. The van der Waals surface area contributed by atoms with Crippen molar-refractivity contribution >= 4 is 0 Å². The number of rotatable bonds is 10. The summed E-state index contributed by atoms with van der Waals surface area (Å²) in [5, 5.41) is 10.4. The Morgan fingerprint density at radius 3 is 2.50 bits per heavy atom. The molecule has 3 heteroatoms. The molecule has 2 heterocycles. The molecule has 146 valence electrons. The van der Waals surface area contributed by atoms with Crippen LogP contribution in [0.25, 0.3) is 0 Å². The Hall–Kier alpha value is -1.22. The molecule has 0 spiro atoms. The highest BCUT2D eigenvalue weighted by Gasteiger charge is 2.33. The highest BCUT2D eigenvalue weighted by molar-refractivity contribution is 5.47. The lowest BCUT2D eigenvalue weighted by atomic mass is 9.89. The molecule has 1 saturated heterocycles. The van der Waals surface area contributed by atoms with Gasteiger partial charge in [0.15, 0.2) is 0 Å². The lowest BCUT2D eigenvalue weighted by Crippen LogP contribution is -2.38. The first-order valence-corrected chi connectivity index (χ1v) is 10.9. The molecular weight excluding hydrogens is 324 g/mol. The second kappa shape index (κ2) is 10.2. The van der Waals surface area contributed by atoms with Crippen LogP contribution < -0.4 is 4.74 Å². The molecule has 0 bridgehead atoms. The summed E-state index contributed by atoms with van der Waals surface area (Å²) in [6.45, 7) is 3.07. The molecule has 0 radical (unpaired) electrons. The summed E-state index contributed by atoms with van der Waals surface area (Å²) in [5.41, 5.74) is 2.17. The highest BCUT2D eigenvalue weighted by Crippen LogP contribution is 2.39. The number of hydrogen-bond acceptors (Lipinski definition) is 3. The van der Waals surface area contributed by atoms with E-state index in [1.54, 1.807) is 0 Å². The number of aryl methyl sites for hydroxylation is 1. The molecule has 3 nitrogen and oxygen atoms in total. The predicted molar refractivity (Wildman–Crippen MR) is 106 cm³/mol. The van der Waals surface area contributed by atoms with Gasteiger partial charge >= 0.3 is 0 Å². The maximum Gasteiger partial charge on any atom is 0.202 e. The second-order valence-corrected chi connectivity index (χ2v) is 8.13. The van der Waals surface area contributed by atoms with Gasteiger partial charge in [0.2, 0.25) is 6.29 Å². The molecule has 26 heavy (non-hydrogen) atoms. The molecule has 1 fully saturated rings. The van der Waals surface area contributed by atoms with E-state index in [4.69, 9.17) is 9.47 Å². The predicted octanol–water partition coefficient (Wildman–Crippen LogP) is 6.15. The number of benzene rings is 1. The van der Waals surface area contributed by atoms with E-state index in [-0.39, 0.29) is 6.29 Å². The van der Waals surface area contributed by atoms with Gasteiger partial charge in [-0.05, 0) is 55.4 Å². The van der Waals surface area contributed by atoms with Crippen molar-refractivity contribution in [3.63, 3.8) is 0 Å². The third kappa shape index (κ3) is 5.39. The standard InChI is InChI=1S/C23H36O3/c1-2-3-4-5-6-7-8-9-10-12-18-17-22-20(16-21(18)24)15-19-13-11-14-25-23(19)26-22/h16-17,19,23-24H,2-15H2,1H3/t19-,23+/m1/s1. The molecular formula is C23H36O3. The summed E-state index contributed by atoms with van der Waals surface area (Å²) in [5.74, 6) is 1.82. The Balaban J connectivity index is 1.42. The number of fused-ring (bicyclic) bond motifs is 2. The van der Waals surface area contributed by atoms with Crippen molar-refractivity contribution < 1.29 is 14.6 Å². The van der Waals surface area contributed by atoms with Crippen LogP contribution in [0.3, 0.4) is 0 Å². The summed E-state index contributed by atoms with van der Waals surface area (Å²) < 4.78 is 11.9. The van der Waals surface area contributed by atoms with Crippen LogP contribution in [-0.4, -0.2) is 18.0 Å². The van der Waals surface area contributed by atoms with Gasteiger partial charge in [0.1, 0.15) is 11.5 Å². The van der Waals surface area contributed by atoms with E-state index in [1.165, 1.54) is 51.4 Å². The van der Waals surface area contributed by atoms with Crippen molar-refractivity contribution in [2.75, 3.05) is 6.61 Å². The van der Waals surface area contributed by atoms with E-state index in [2.05, 4.69) is 13.0 Å². The van der Waals surface area contributed by atoms with Crippen molar-refractivity contribution in [1.29, 1.82) is 0 Å². The number of hydrogen-bond donors (Lipinski definition) is 1. The molecule has 0 aliphatic carbocycles. The van der Waals surface area contributed by atoms with Gasteiger partial charge in [0.05, 0.1) is 6.61 Å². The van der Waals surface area contributed by atoms with Gasteiger partial charge in [-0.25, -0.2) is 0 Å². The molecule has 2 aliphatic heterocycles. The fraction of sp³-hybridized carbons (Fsp3) is 0.739. The van der Waals surface area contributed by atoms with Crippen LogP contribution in [0.1, 0.15) is 88.7 Å². The molecule has 0 saturated carbocycles.